The van der Waals surface area contributed by atoms with Crippen molar-refractivity contribution in [3.63, 3.8) is 0 Å². The van der Waals surface area contributed by atoms with Crippen molar-refractivity contribution in [1.29, 1.82) is 0 Å². The monoisotopic (exact) mass is 255 g/mol. The van der Waals surface area contributed by atoms with E-state index in [4.69, 9.17) is 0 Å². The summed E-state index contributed by atoms with van der Waals surface area (Å²) in [6.07, 6.45) is 4.58. The minimum atomic E-state index is 0.762. The minimum Gasteiger partial charge on any atom is -0.310 e. The van der Waals surface area contributed by atoms with Crippen LogP contribution >= 0.6 is 0 Å². The maximum atomic E-state index is 4.36. The highest BCUT2D eigenvalue weighted by Gasteiger charge is 2.20. The topological polar surface area (TPSA) is 29.9 Å². The zero-order chi connectivity index (χ0) is 13.4. The maximum absolute atomic E-state index is 4.36. The molecule has 0 amide bonds. The van der Waals surface area contributed by atoms with Crippen LogP contribution in [0.1, 0.15) is 35.4 Å². The molecule has 0 saturated heterocycles. The summed E-state index contributed by atoms with van der Waals surface area (Å²) >= 11 is 0. The van der Waals surface area contributed by atoms with Crippen LogP contribution in [0.25, 0.3) is 5.69 Å². The first kappa shape index (κ1) is 12.4. The number of aromatic nitrogens is 2. The SMILES string of the molecule is Cc1cc(-n2cnc(C)c2C)ccc1CNC1CC1. The van der Waals surface area contributed by atoms with Gasteiger partial charge < -0.3 is 9.88 Å². The summed E-state index contributed by atoms with van der Waals surface area (Å²) in [5, 5.41) is 3.57. The Balaban J connectivity index is 1.83. The Bertz CT molecular complexity index is 594. The second kappa shape index (κ2) is 4.82. The third-order valence-corrected chi connectivity index (χ3v) is 4.01. The average Bonchev–Trinajstić information content (AvgIpc) is 3.16. The maximum Gasteiger partial charge on any atom is 0.0997 e. The number of rotatable bonds is 4. The fourth-order valence-electron chi connectivity index (χ4n) is 2.33. The molecule has 1 aromatic carbocycles. The minimum absolute atomic E-state index is 0.762. The normalized spacial score (nSPS) is 14.9. The fourth-order valence-corrected chi connectivity index (χ4v) is 2.33. The van der Waals surface area contributed by atoms with Gasteiger partial charge in [-0.05, 0) is 56.9 Å². The smallest absolute Gasteiger partial charge is 0.0997 e. The van der Waals surface area contributed by atoms with Gasteiger partial charge >= 0.3 is 0 Å². The second-order valence-electron chi connectivity index (χ2n) is 5.55. The highest BCUT2D eigenvalue weighted by atomic mass is 15.1. The molecular formula is C16H21N3. The van der Waals surface area contributed by atoms with Gasteiger partial charge in [-0.1, -0.05) is 6.07 Å². The molecule has 0 bridgehead atoms. The van der Waals surface area contributed by atoms with Crippen molar-refractivity contribution in [3.05, 3.63) is 47.0 Å². The van der Waals surface area contributed by atoms with E-state index < -0.39 is 0 Å². The first-order valence-electron chi connectivity index (χ1n) is 6.99. The molecule has 0 atom stereocenters. The molecule has 0 aliphatic heterocycles. The molecule has 0 unspecified atom stereocenters. The van der Waals surface area contributed by atoms with E-state index in [2.05, 4.69) is 46.9 Å². The number of benzene rings is 1. The van der Waals surface area contributed by atoms with Crippen molar-refractivity contribution in [2.24, 2.45) is 0 Å². The Morgan fingerprint density at radius 1 is 1.26 bits per heavy atom. The quantitative estimate of drug-likeness (QED) is 0.910. The van der Waals surface area contributed by atoms with Gasteiger partial charge in [0.05, 0.1) is 12.0 Å². The number of nitrogens with zero attached hydrogens (tertiary/aromatic N) is 2. The Kier molecular flexibility index (Phi) is 3.15. The van der Waals surface area contributed by atoms with Crippen LogP contribution in [0.15, 0.2) is 24.5 Å². The van der Waals surface area contributed by atoms with Gasteiger partial charge in [0.2, 0.25) is 0 Å². The first-order chi connectivity index (χ1) is 9.15. The van der Waals surface area contributed by atoms with E-state index in [9.17, 15) is 0 Å². The molecule has 1 aliphatic rings. The van der Waals surface area contributed by atoms with Crippen LogP contribution in [-0.4, -0.2) is 15.6 Å². The number of nitrogens with one attached hydrogen (secondary N) is 1. The van der Waals surface area contributed by atoms with Gasteiger partial charge in [-0.2, -0.15) is 0 Å². The molecule has 1 aliphatic carbocycles. The van der Waals surface area contributed by atoms with Gasteiger partial charge in [0.15, 0.2) is 0 Å². The fraction of sp³-hybridized carbons (Fsp3) is 0.438. The molecule has 3 rings (SSSR count). The van der Waals surface area contributed by atoms with Gasteiger partial charge in [-0.15, -0.1) is 0 Å². The summed E-state index contributed by atoms with van der Waals surface area (Å²) in [5.41, 5.74) is 6.24. The van der Waals surface area contributed by atoms with Gasteiger partial charge in [-0.25, -0.2) is 4.98 Å². The summed E-state index contributed by atoms with van der Waals surface area (Å²) in [6, 6.07) is 7.43. The molecule has 1 N–H and O–H groups in total. The highest BCUT2D eigenvalue weighted by Crippen LogP contribution is 2.21. The largest absolute Gasteiger partial charge is 0.310 e. The standard InChI is InChI=1S/C16H21N3/c1-11-8-16(19-10-18-12(2)13(19)3)7-4-14(11)9-17-15-5-6-15/h4,7-8,10,15,17H,5-6,9H2,1-3H3. The predicted molar refractivity (Wildman–Crippen MR) is 77.6 cm³/mol. The number of aryl methyl sites for hydroxylation is 2. The van der Waals surface area contributed by atoms with Crippen LogP contribution in [-0.2, 0) is 6.54 Å². The van der Waals surface area contributed by atoms with Gasteiger partial charge in [-0.3, -0.25) is 0 Å². The van der Waals surface area contributed by atoms with Gasteiger partial charge in [0.25, 0.3) is 0 Å². The van der Waals surface area contributed by atoms with Crippen LogP contribution in [0.5, 0.6) is 0 Å². The summed E-state index contributed by atoms with van der Waals surface area (Å²) in [5.74, 6) is 0. The van der Waals surface area contributed by atoms with E-state index in [0.29, 0.717) is 0 Å². The zero-order valence-corrected chi connectivity index (χ0v) is 11.9. The van der Waals surface area contributed by atoms with Crippen molar-refractivity contribution in [1.82, 2.24) is 14.9 Å². The number of imidazole rings is 1. The molecule has 1 heterocycles. The van der Waals surface area contributed by atoms with E-state index in [-0.39, 0.29) is 0 Å². The lowest BCUT2D eigenvalue weighted by Gasteiger charge is -2.11. The lowest BCUT2D eigenvalue weighted by Crippen LogP contribution is -2.16. The van der Waals surface area contributed by atoms with Crippen LogP contribution in [0.4, 0.5) is 0 Å². The van der Waals surface area contributed by atoms with Crippen molar-refractivity contribution in [2.45, 2.75) is 46.2 Å². The van der Waals surface area contributed by atoms with Crippen molar-refractivity contribution >= 4 is 0 Å². The predicted octanol–water partition coefficient (Wildman–Crippen LogP) is 3.05. The Hall–Kier alpha value is -1.61. The van der Waals surface area contributed by atoms with Gasteiger partial charge in [0.1, 0.15) is 0 Å². The number of hydrogen-bond donors (Lipinski definition) is 1. The van der Waals surface area contributed by atoms with E-state index in [0.717, 1.165) is 18.3 Å². The summed E-state index contributed by atoms with van der Waals surface area (Å²) in [6.45, 7) is 7.33. The van der Waals surface area contributed by atoms with E-state index in [1.807, 2.05) is 13.3 Å². The Morgan fingerprint density at radius 3 is 2.63 bits per heavy atom. The van der Waals surface area contributed by atoms with Crippen LogP contribution in [0, 0.1) is 20.8 Å². The second-order valence-corrected chi connectivity index (χ2v) is 5.55. The lowest BCUT2D eigenvalue weighted by atomic mass is 10.1. The lowest BCUT2D eigenvalue weighted by molar-refractivity contribution is 0.685. The third-order valence-electron chi connectivity index (χ3n) is 4.01. The summed E-state index contributed by atoms with van der Waals surface area (Å²) < 4.78 is 2.15. The molecule has 0 radical (unpaired) electrons. The van der Waals surface area contributed by atoms with Gasteiger partial charge in [0, 0.05) is 24.0 Å². The average molecular weight is 255 g/mol. The van der Waals surface area contributed by atoms with E-state index in [1.165, 1.54) is 35.3 Å². The van der Waals surface area contributed by atoms with Crippen molar-refractivity contribution < 1.29 is 0 Å². The highest BCUT2D eigenvalue weighted by molar-refractivity contribution is 5.41. The Morgan fingerprint density at radius 2 is 2.05 bits per heavy atom. The van der Waals surface area contributed by atoms with Crippen LogP contribution < -0.4 is 5.32 Å². The van der Waals surface area contributed by atoms with E-state index in [1.54, 1.807) is 0 Å². The molecule has 1 saturated carbocycles. The molecule has 1 fully saturated rings. The molecule has 3 nitrogen and oxygen atoms in total. The zero-order valence-electron chi connectivity index (χ0n) is 11.9. The molecule has 0 spiro atoms. The molecule has 100 valence electrons. The molecule has 3 heteroatoms. The Labute approximate surface area is 114 Å². The number of hydrogen-bond acceptors (Lipinski definition) is 2. The summed E-state index contributed by atoms with van der Waals surface area (Å²) in [4.78, 5) is 4.36. The molecular weight excluding hydrogens is 234 g/mol. The van der Waals surface area contributed by atoms with Crippen molar-refractivity contribution in [2.75, 3.05) is 0 Å². The summed E-state index contributed by atoms with van der Waals surface area (Å²) in [7, 11) is 0. The molecule has 19 heavy (non-hydrogen) atoms. The van der Waals surface area contributed by atoms with Crippen LogP contribution in [0.3, 0.4) is 0 Å². The molecule has 1 aromatic heterocycles. The van der Waals surface area contributed by atoms with E-state index >= 15 is 0 Å². The van der Waals surface area contributed by atoms with Crippen molar-refractivity contribution in [3.8, 4) is 5.69 Å². The third kappa shape index (κ3) is 2.56. The van der Waals surface area contributed by atoms with Crippen LogP contribution in [0.2, 0.25) is 0 Å². The molecule has 2 aromatic rings. The first-order valence-corrected chi connectivity index (χ1v) is 6.99.